The van der Waals surface area contributed by atoms with Crippen molar-refractivity contribution in [3.05, 3.63) is 71.8 Å². The van der Waals surface area contributed by atoms with E-state index >= 15 is 0 Å². The molecular formula is C22H18F2N2O4S. The minimum absolute atomic E-state index is 0.319. The summed E-state index contributed by atoms with van der Waals surface area (Å²) in [7, 11) is 3.00. The lowest BCUT2D eigenvalue weighted by Crippen LogP contribution is -2.43. The number of urea groups is 1. The van der Waals surface area contributed by atoms with Crippen LogP contribution in [0.3, 0.4) is 0 Å². The average Bonchev–Trinajstić information content (AvgIpc) is 2.76. The summed E-state index contributed by atoms with van der Waals surface area (Å²) in [6.07, 6.45) is 0. The van der Waals surface area contributed by atoms with Crippen molar-refractivity contribution in [1.29, 1.82) is 0 Å². The summed E-state index contributed by atoms with van der Waals surface area (Å²) >= 11 is 1.19. The van der Waals surface area contributed by atoms with Gasteiger partial charge < -0.3 is 14.6 Å². The molecule has 0 bridgehead atoms. The first kappa shape index (κ1) is 20.8. The first-order valence-electron chi connectivity index (χ1n) is 9.20. The van der Waals surface area contributed by atoms with Crippen LogP contribution in [0.1, 0.15) is 5.56 Å². The molecule has 4 rings (SSSR count). The second-order valence-electron chi connectivity index (χ2n) is 6.65. The number of amides is 2. The number of carbonyl (C=O) groups excluding carboxylic acids is 1. The Morgan fingerprint density at radius 2 is 1.65 bits per heavy atom. The number of phenolic OH excluding ortho intramolecular Hbond substituents is 1. The van der Waals surface area contributed by atoms with Crippen LogP contribution in [0.25, 0.3) is 0 Å². The van der Waals surface area contributed by atoms with Crippen LogP contribution in [-0.2, 0) is 6.54 Å². The highest BCUT2D eigenvalue weighted by Gasteiger charge is 2.34. The van der Waals surface area contributed by atoms with E-state index in [1.165, 1.54) is 35.4 Å². The maximum atomic E-state index is 14.4. The van der Waals surface area contributed by atoms with Gasteiger partial charge in [0.05, 0.1) is 37.0 Å². The molecule has 31 heavy (non-hydrogen) atoms. The standard InChI is InChI=1S/C22H18F2N2O4S/c1-29-19-8-7-13(9-20(19)30-2)26-22(28)25(18-5-3-4-6-21(18)31-26)12-15-16(23)10-14(27)11-17(15)24/h3-11,27H,12H2,1-2H3. The molecule has 0 saturated heterocycles. The molecule has 0 radical (unpaired) electrons. The van der Waals surface area contributed by atoms with Gasteiger partial charge in [0.25, 0.3) is 0 Å². The molecule has 3 aromatic carbocycles. The number of benzene rings is 3. The van der Waals surface area contributed by atoms with Crippen molar-refractivity contribution < 1.29 is 28.2 Å². The maximum Gasteiger partial charge on any atom is 0.339 e. The Morgan fingerprint density at radius 3 is 2.32 bits per heavy atom. The predicted octanol–water partition coefficient (Wildman–Crippen LogP) is 5.34. The van der Waals surface area contributed by atoms with Gasteiger partial charge in [-0.25, -0.2) is 17.9 Å². The Hall–Kier alpha value is -3.46. The van der Waals surface area contributed by atoms with Gasteiger partial charge in [-0.15, -0.1) is 0 Å². The lowest BCUT2D eigenvalue weighted by molar-refractivity contribution is 0.254. The van der Waals surface area contributed by atoms with Gasteiger partial charge in [-0.3, -0.25) is 4.90 Å². The molecule has 6 nitrogen and oxygen atoms in total. The van der Waals surface area contributed by atoms with Crippen LogP contribution in [0.5, 0.6) is 17.2 Å². The summed E-state index contributed by atoms with van der Waals surface area (Å²) in [5.74, 6) is -1.44. The second kappa shape index (κ2) is 8.35. The number of hydrogen-bond donors (Lipinski definition) is 1. The molecule has 0 spiro atoms. The maximum absolute atomic E-state index is 14.4. The molecule has 0 fully saturated rings. The third kappa shape index (κ3) is 3.84. The van der Waals surface area contributed by atoms with Crippen molar-refractivity contribution >= 4 is 29.4 Å². The molecule has 0 aromatic heterocycles. The fourth-order valence-electron chi connectivity index (χ4n) is 3.27. The molecule has 1 N–H and O–H groups in total. The monoisotopic (exact) mass is 444 g/mol. The van der Waals surface area contributed by atoms with Crippen LogP contribution < -0.4 is 18.7 Å². The van der Waals surface area contributed by atoms with E-state index in [2.05, 4.69) is 0 Å². The lowest BCUT2D eigenvalue weighted by atomic mass is 10.1. The van der Waals surface area contributed by atoms with Gasteiger partial charge in [0.15, 0.2) is 11.5 Å². The highest BCUT2D eigenvalue weighted by atomic mass is 32.2. The number of phenols is 1. The molecule has 160 valence electrons. The van der Waals surface area contributed by atoms with E-state index in [0.717, 1.165) is 17.0 Å². The molecule has 0 saturated carbocycles. The smallest absolute Gasteiger partial charge is 0.339 e. The highest BCUT2D eigenvalue weighted by Crippen LogP contribution is 2.44. The van der Waals surface area contributed by atoms with E-state index in [0.29, 0.717) is 22.9 Å². The van der Waals surface area contributed by atoms with Crippen molar-refractivity contribution in [2.24, 2.45) is 0 Å². The minimum atomic E-state index is -0.932. The Bertz CT molecular complexity index is 1140. The number of fused-ring (bicyclic) bond motifs is 1. The lowest BCUT2D eigenvalue weighted by Gasteiger charge is -2.36. The fraction of sp³-hybridized carbons (Fsp3) is 0.136. The van der Waals surface area contributed by atoms with E-state index in [-0.39, 0.29) is 12.1 Å². The number of para-hydroxylation sites is 1. The molecule has 0 unspecified atom stereocenters. The van der Waals surface area contributed by atoms with E-state index in [9.17, 15) is 18.7 Å². The quantitative estimate of drug-likeness (QED) is 0.538. The van der Waals surface area contributed by atoms with Crippen LogP contribution in [0.4, 0.5) is 25.0 Å². The summed E-state index contributed by atoms with van der Waals surface area (Å²) in [6.45, 7) is -0.349. The first-order valence-corrected chi connectivity index (χ1v) is 9.97. The number of rotatable bonds is 5. The molecule has 0 aliphatic carbocycles. The number of methoxy groups -OCH3 is 2. The van der Waals surface area contributed by atoms with E-state index < -0.39 is 23.4 Å². The van der Waals surface area contributed by atoms with Gasteiger partial charge in [-0.05, 0) is 36.2 Å². The number of nitrogens with zero attached hydrogens (tertiary/aromatic N) is 2. The highest BCUT2D eigenvalue weighted by molar-refractivity contribution is 8.01. The van der Waals surface area contributed by atoms with E-state index in [1.54, 1.807) is 30.3 Å². The molecule has 9 heteroatoms. The molecule has 2 amide bonds. The number of halogens is 2. The third-order valence-electron chi connectivity index (χ3n) is 4.79. The van der Waals surface area contributed by atoms with Gasteiger partial charge in [0, 0.05) is 23.8 Å². The zero-order chi connectivity index (χ0) is 22.1. The van der Waals surface area contributed by atoms with E-state index in [1.807, 2.05) is 12.1 Å². The molecule has 0 atom stereocenters. The number of carbonyl (C=O) groups is 1. The normalized spacial score (nSPS) is 13.2. The van der Waals surface area contributed by atoms with E-state index in [4.69, 9.17) is 9.47 Å². The second-order valence-corrected chi connectivity index (χ2v) is 7.64. The first-order chi connectivity index (χ1) is 14.9. The van der Waals surface area contributed by atoms with Crippen LogP contribution in [0.2, 0.25) is 0 Å². The largest absolute Gasteiger partial charge is 0.508 e. The third-order valence-corrected chi connectivity index (χ3v) is 5.89. The van der Waals surface area contributed by atoms with Gasteiger partial charge in [0.1, 0.15) is 17.4 Å². The van der Waals surface area contributed by atoms with Crippen LogP contribution in [-0.4, -0.2) is 25.4 Å². The Labute approximate surface area is 181 Å². The fourth-order valence-corrected chi connectivity index (χ4v) is 4.28. The summed E-state index contributed by atoms with van der Waals surface area (Å²) in [5, 5.41) is 9.42. The number of anilines is 2. The van der Waals surface area contributed by atoms with Crippen LogP contribution >= 0.6 is 11.9 Å². The molecule has 1 aliphatic heterocycles. The van der Waals surface area contributed by atoms with Crippen molar-refractivity contribution in [3.8, 4) is 17.2 Å². The number of ether oxygens (including phenoxy) is 2. The molecule has 3 aromatic rings. The number of aromatic hydroxyl groups is 1. The molecule has 1 aliphatic rings. The summed E-state index contributed by atoms with van der Waals surface area (Å²) in [5.41, 5.74) is 0.722. The van der Waals surface area contributed by atoms with Crippen LogP contribution in [0.15, 0.2) is 59.5 Å². The Kier molecular flexibility index (Phi) is 5.60. The zero-order valence-electron chi connectivity index (χ0n) is 16.6. The van der Waals surface area contributed by atoms with Crippen LogP contribution in [0, 0.1) is 11.6 Å². The minimum Gasteiger partial charge on any atom is -0.508 e. The molecular weight excluding hydrogens is 426 g/mol. The summed E-state index contributed by atoms with van der Waals surface area (Å²) in [4.78, 5) is 15.4. The Morgan fingerprint density at radius 1 is 0.968 bits per heavy atom. The Balaban J connectivity index is 1.77. The van der Waals surface area contributed by atoms with Crippen molar-refractivity contribution in [2.45, 2.75) is 11.4 Å². The zero-order valence-corrected chi connectivity index (χ0v) is 17.5. The average molecular weight is 444 g/mol. The van der Waals surface area contributed by atoms with Gasteiger partial charge in [0.2, 0.25) is 0 Å². The van der Waals surface area contributed by atoms with Crippen molar-refractivity contribution in [1.82, 2.24) is 0 Å². The SMILES string of the molecule is COc1ccc(N2Sc3ccccc3N(Cc3c(F)cc(O)cc3F)C2=O)cc1OC. The summed E-state index contributed by atoms with van der Waals surface area (Å²) in [6, 6.07) is 13.3. The summed E-state index contributed by atoms with van der Waals surface area (Å²) < 4.78 is 40.8. The molecule has 1 heterocycles. The topological polar surface area (TPSA) is 62.2 Å². The van der Waals surface area contributed by atoms with Crippen molar-refractivity contribution in [2.75, 3.05) is 23.4 Å². The predicted molar refractivity (Wildman–Crippen MR) is 114 cm³/mol. The van der Waals surface area contributed by atoms with Gasteiger partial charge >= 0.3 is 6.03 Å². The number of hydrogen-bond acceptors (Lipinski definition) is 5. The van der Waals surface area contributed by atoms with Crippen molar-refractivity contribution in [3.63, 3.8) is 0 Å². The van der Waals surface area contributed by atoms with Gasteiger partial charge in [-0.2, -0.15) is 0 Å². The van der Waals surface area contributed by atoms with Gasteiger partial charge in [-0.1, -0.05) is 12.1 Å².